The van der Waals surface area contributed by atoms with Crippen LogP contribution in [0.3, 0.4) is 0 Å². The van der Waals surface area contributed by atoms with Gasteiger partial charge in [-0.15, -0.1) is 0 Å². The van der Waals surface area contributed by atoms with E-state index in [1.165, 1.54) is 4.72 Å². The zero-order valence-electron chi connectivity index (χ0n) is 9.01. The van der Waals surface area contributed by atoms with Crippen molar-refractivity contribution >= 4 is 10.0 Å². The Morgan fingerprint density at radius 1 is 0.947 bits per heavy atom. The second-order valence-corrected chi connectivity index (χ2v) is 5.22. The third kappa shape index (κ3) is 4.10. The van der Waals surface area contributed by atoms with E-state index in [0.29, 0.717) is 12.1 Å². The first-order chi connectivity index (χ1) is 8.43. The summed E-state index contributed by atoms with van der Waals surface area (Å²) in [7, 11) is -5.51. The van der Waals surface area contributed by atoms with Crippen LogP contribution >= 0.6 is 0 Å². The number of benzene rings is 1. The minimum absolute atomic E-state index is 0.0270. The summed E-state index contributed by atoms with van der Waals surface area (Å²) in [6.07, 6.45) is -4.57. The second kappa shape index (κ2) is 5.00. The molecule has 10 heteroatoms. The van der Waals surface area contributed by atoms with E-state index in [4.69, 9.17) is 0 Å². The van der Waals surface area contributed by atoms with Crippen LogP contribution in [0.5, 0.6) is 0 Å². The number of alkyl halides is 6. The van der Waals surface area contributed by atoms with Crippen molar-refractivity contribution in [3.05, 3.63) is 35.4 Å². The Morgan fingerprint density at radius 3 is 1.79 bits per heavy atom. The molecule has 108 valence electrons. The number of nitrogens with one attached hydrogen (secondary N) is 1. The molecule has 0 heterocycles. The normalized spacial score (nSPS) is 13.6. The van der Waals surface area contributed by atoms with Gasteiger partial charge in [0.2, 0.25) is 0 Å². The van der Waals surface area contributed by atoms with Gasteiger partial charge in [-0.05, 0) is 17.7 Å². The molecule has 0 aliphatic carbocycles. The van der Waals surface area contributed by atoms with Crippen LogP contribution in [-0.2, 0) is 22.7 Å². The molecule has 0 spiro atoms. The molecule has 19 heavy (non-hydrogen) atoms. The van der Waals surface area contributed by atoms with E-state index < -0.39 is 33.8 Å². The monoisotopic (exact) mass is 307 g/mol. The van der Waals surface area contributed by atoms with Gasteiger partial charge in [-0.2, -0.15) is 26.3 Å². The lowest BCUT2D eigenvalue weighted by Gasteiger charge is -2.10. The Labute approximate surface area is 104 Å². The number of halogens is 6. The number of sulfonamides is 1. The fourth-order valence-electron chi connectivity index (χ4n) is 1.07. The van der Waals surface area contributed by atoms with Crippen molar-refractivity contribution in [3.63, 3.8) is 0 Å². The van der Waals surface area contributed by atoms with Gasteiger partial charge >= 0.3 is 21.7 Å². The highest BCUT2D eigenvalue weighted by Gasteiger charge is 2.45. The first-order valence-electron chi connectivity index (χ1n) is 4.65. The molecule has 1 aromatic carbocycles. The van der Waals surface area contributed by atoms with Crippen molar-refractivity contribution in [1.29, 1.82) is 0 Å². The van der Waals surface area contributed by atoms with Gasteiger partial charge in [0, 0.05) is 6.54 Å². The van der Waals surface area contributed by atoms with Crippen molar-refractivity contribution in [3.8, 4) is 0 Å². The summed E-state index contributed by atoms with van der Waals surface area (Å²) in [6.45, 7) is -0.750. The number of hydrogen-bond donors (Lipinski definition) is 1. The number of rotatable bonds is 3. The van der Waals surface area contributed by atoms with Crippen LogP contribution in [0.25, 0.3) is 0 Å². The molecule has 0 aliphatic heterocycles. The van der Waals surface area contributed by atoms with Crippen molar-refractivity contribution in [2.45, 2.75) is 18.2 Å². The van der Waals surface area contributed by atoms with Gasteiger partial charge in [-0.3, -0.25) is 0 Å². The van der Waals surface area contributed by atoms with Crippen LogP contribution in [-0.4, -0.2) is 13.9 Å². The van der Waals surface area contributed by atoms with Crippen LogP contribution in [0.15, 0.2) is 24.3 Å². The smallest absolute Gasteiger partial charge is 0.203 e. The zero-order valence-corrected chi connectivity index (χ0v) is 9.83. The van der Waals surface area contributed by atoms with Crippen LogP contribution in [0.4, 0.5) is 26.3 Å². The molecular weight excluding hydrogens is 300 g/mol. The highest BCUT2D eigenvalue weighted by molar-refractivity contribution is 7.90. The minimum Gasteiger partial charge on any atom is -0.203 e. The summed E-state index contributed by atoms with van der Waals surface area (Å²) in [5, 5.41) is 0. The first-order valence-corrected chi connectivity index (χ1v) is 6.14. The Morgan fingerprint density at radius 2 is 1.42 bits per heavy atom. The van der Waals surface area contributed by atoms with Gasteiger partial charge < -0.3 is 0 Å². The molecule has 0 unspecified atom stereocenters. The average Bonchev–Trinajstić information content (AvgIpc) is 2.24. The number of hydrogen-bond acceptors (Lipinski definition) is 2. The molecule has 0 aliphatic rings. The highest BCUT2D eigenvalue weighted by atomic mass is 32.2. The Kier molecular flexibility index (Phi) is 4.15. The van der Waals surface area contributed by atoms with E-state index in [-0.39, 0.29) is 5.56 Å². The van der Waals surface area contributed by atoms with E-state index in [1.807, 2.05) is 0 Å². The first kappa shape index (κ1) is 15.8. The topological polar surface area (TPSA) is 46.2 Å². The van der Waals surface area contributed by atoms with Gasteiger partial charge in [-0.1, -0.05) is 12.1 Å². The molecular formula is C9H7F6NO2S. The lowest BCUT2D eigenvalue weighted by atomic mass is 10.1. The Bertz CT molecular complexity index is 531. The van der Waals surface area contributed by atoms with E-state index in [1.54, 1.807) is 0 Å². The lowest BCUT2D eigenvalue weighted by Crippen LogP contribution is -2.35. The third-order valence-corrected chi connectivity index (χ3v) is 3.19. The van der Waals surface area contributed by atoms with Crippen molar-refractivity contribution in [1.82, 2.24) is 4.72 Å². The van der Waals surface area contributed by atoms with Crippen LogP contribution in [0, 0.1) is 0 Å². The van der Waals surface area contributed by atoms with Crippen LogP contribution < -0.4 is 4.72 Å². The molecule has 0 atom stereocenters. The molecule has 0 aromatic heterocycles. The molecule has 1 aromatic rings. The molecule has 0 amide bonds. The van der Waals surface area contributed by atoms with Crippen molar-refractivity contribution in [2.75, 3.05) is 0 Å². The zero-order chi connectivity index (χ0) is 14.9. The lowest BCUT2D eigenvalue weighted by molar-refractivity contribution is -0.137. The fourth-order valence-corrected chi connectivity index (χ4v) is 1.59. The molecule has 1 rings (SSSR count). The SMILES string of the molecule is O=S(=O)(NCc1ccc(C(F)(F)F)cc1)C(F)(F)F. The quantitative estimate of drug-likeness (QED) is 0.873. The minimum atomic E-state index is -5.51. The fraction of sp³-hybridized carbons (Fsp3) is 0.333. The predicted molar refractivity (Wildman–Crippen MR) is 53.3 cm³/mol. The van der Waals surface area contributed by atoms with Crippen LogP contribution in [0.2, 0.25) is 0 Å². The summed E-state index contributed by atoms with van der Waals surface area (Å²) in [4.78, 5) is 0. The standard InChI is InChI=1S/C9H7F6NO2S/c10-8(11,12)7-3-1-6(2-4-7)5-16-19(17,18)9(13,14)15/h1-4,16H,5H2. The van der Waals surface area contributed by atoms with E-state index in [2.05, 4.69) is 0 Å². The summed E-state index contributed by atoms with van der Waals surface area (Å²) >= 11 is 0. The van der Waals surface area contributed by atoms with E-state index in [0.717, 1.165) is 12.1 Å². The summed E-state index contributed by atoms with van der Waals surface area (Å²) < 4.78 is 95.0. The average molecular weight is 307 g/mol. The van der Waals surface area contributed by atoms with Crippen molar-refractivity contribution in [2.24, 2.45) is 0 Å². The van der Waals surface area contributed by atoms with Crippen molar-refractivity contribution < 1.29 is 34.8 Å². The maximum absolute atomic E-state index is 12.2. The maximum Gasteiger partial charge on any atom is 0.511 e. The summed E-state index contributed by atoms with van der Waals surface area (Å²) in [5.41, 5.74) is -6.46. The van der Waals surface area contributed by atoms with E-state index >= 15 is 0 Å². The molecule has 0 radical (unpaired) electrons. The molecule has 0 saturated heterocycles. The maximum atomic E-state index is 12.2. The van der Waals surface area contributed by atoms with Gasteiger partial charge in [0.05, 0.1) is 5.56 Å². The predicted octanol–water partition coefficient (Wildman–Crippen LogP) is 2.64. The highest BCUT2D eigenvalue weighted by Crippen LogP contribution is 2.29. The summed E-state index contributed by atoms with van der Waals surface area (Å²) in [6, 6.07) is 3.08. The molecule has 1 N–H and O–H groups in total. The van der Waals surface area contributed by atoms with E-state index in [9.17, 15) is 34.8 Å². The molecule has 0 fully saturated rings. The Hall–Kier alpha value is -1.29. The van der Waals surface area contributed by atoms with Gasteiger partial charge in [0.25, 0.3) is 0 Å². The summed E-state index contributed by atoms with van der Waals surface area (Å²) in [5.74, 6) is 0. The van der Waals surface area contributed by atoms with Gasteiger partial charge in [0.1, 0.15) is 0 Å². The Balaban J connectivity index is 2.76. The third-order valence-electron chi connectivity index (χ3n) is 2.05. The molecule has 0 saturated carbocycles. The second-order valence-electron chi connectivity index (χ2n) is 3.46. The molecule has 0 bridgehead atoms. The van der Waals surface area contributed by atoms with Gasteiger partial charge in [0.15, 0.2) is 0 Å². The molecule has 3 nitrogen and oxygen atoms in total. The largest absolute Gasteiger partial charge is 0.511 e. The van der Waals surface area contributed by atoms with Gasteiger partial charge in [-0.25, -0.2) is 13.1 Å². The van der Waals surface area contributed by atoms with Crippen LogP contribution in [0.1, 0.15) is 11.1 Å².